The highest BCUT2D eigenvalue weighted by molar-refractivity contribution is 5.75. The van der Waals surface area contributed by atoms with E-state index in [-0.39, 0.29) is 0 Å². The van der Waals surface area contributed by atoms with Gasteiger partial charge < -0.3 is 0 Å². The molecule has 0 unspecified atom stereocenters. The number of carbonyl (C=O) groups excluding carboxylic acids is 1. The fourth-order valence-electron chi connectivity index (χ4n) is 0.709. The van der Waals surface area contributed by atoms with Gasteiger partial charge in [0.05, 0.1) is 0 Å². The highest BCUT2D eigenvalue weighted by Gasteiger charge is 1.87. The third-order valence-corrected chi connectivity index (χ3v) is 1.14. The molecule has 0 amide bonds. The minimum atomic E-state index is 0.620. The van der Waals surface area contributed by atoms with Gasteiger partial charge in [0, 0.05) is 5.56 Å². The Balaban J connectivity index is 3.07. The van der Waals surface area contributed by atoms with Crippen molar-refractivity contribution in [3.8, 4) is 0 Å². The van der Waals surface area contributed by atoms with Crippen LogP contribution in [0.4, 0.5) is 0 Å². The maximum absolute atomic E-state index is 10.0. The molecular formula is C8H7O. The summed E-state index contributed by atoms with van der Waals surface area (Å²) < 4.78 is 0. The average molecular weight is 119 g/mol. The van der Waals surface area contributed by atoms with Crippen LogP contribution >= 0.6 is 0 Å². The molecule has 0 aliphatic carbocycles. The minimum Gasteiger partial charge on any atom is -0.285 e. The molecule has 0 N–H and O–H groups in total. The van der Waals surface area contributed by atoms with Crippen LogP contribution in [0, 0.1) is 6.92 Å². The van der Waals surface area contributed by atoms with Crippen molar-refractivity contribution >= 4 is 6.29 Å². The quantitative estimate of drug-likeness (QED) is 0.546. The Hall–Kier alpha value is -1.11. The van der Waals surface area contributed by atoms with E-state index in [1.54, 1.807) is 12.1 Å². The lowest BCUT2D eigenvalue weighted by Gasteiger charge is -1.89. The van der Waals surface area contributed by atoms with Gasteiger partial charge in [-0.25, -0.2) is 0 Å². The average Bonchev–Trinajstić information content (AvgIpc) is 1.88. The van der Waals surface area contributed by atoms with E-state index in [0.29, 0.717) is 5.56 Å². The Morgan fingerprint density at radius 1 is 1.44 bits per heavy atom. The minimum absolute atomic E-state index is 0.620. The monoisotopic (exact) mass is 119 g/mol. The van der Waals surface area contributed by atoms with Crippen LogP contribution in [-0.2, 0) is 4.79 Å². The molecule has 0 aromatic heterocycles. The number of benzene rings is 1. The second kappa shape index (κ2) is 2.44. The largest absolute Gasteiger partial charge is 0.285 e. The van der Waals surface area contributed by atoms with Crippen LogP contribution in [-0.4, -0.2) is 6.29 Å². The molecule has 0 atom stereocenters. The molecule has 9 heavy (non-hydrogen) atoms. The molecule has 1 aromatic rings. The van der Waals surface area contributed by atoms with Crippen LogP contribution in [0.15, 0.2) is 24.3 Å². The maximum atomic E-state index is 10.0. The molecule has 45 valence electrons. The molecule has 0 aliphatic rings. The molecule has 0 aliphatic heterocycles. The molecule has 1 nitrogen and oxygen atoms in total. The molecule has 0 heterocycles. The van der Waals surface area contributed by atoms with E-state index in [4.69, 9.17) is 0 Å². The number of hydrogen-bond donors (Lipinski definition) is 0. The van der Waals surface area contributed by atoms with E-state index in [9.17, 15) is 4.79 Å². The fraction of sp³-hybridized carbons (Fsp3) is 0.125. The van der Waals surface area contributed by atoms with E-state index in [1.807, 2.05) is 25.3 Å². The van der Waals surface area contributed by atoms with Gasteiger partial charge in [-0.15, -0.1) is 0 Å². The van der Waals surface area contributed by atoms with E-state index in [1.165, 1.54) is 0 Å². The standard InChI is InChI=1S/C8H7O/c1-7-3-2-4-8(5-7)6-9/h2-5H,1H3. The molecule has 1 radical (unpaired) electrons. The van der Waals surface area contributed by atoms with E-state index in [0.717, 1.165) is 5.56 Å². The lowest BCUT2D eigenvalue weighted by atomic mass is 10.2. The lowest BCUT2D eigenvalue weighted by molar-refractivity contribution is 0.562. The lowest BCUT2D eigenvalue weighted by Crippen LogP contribution is -1.78. The van der Waals surface area contributed by atoms with Gasteiger partial charge in [-0.1, -0.05) is 23.8 Å². The third-order valence-electron chi connectivity index (χ3n) is 1.14. The maximum Gasteiger partial charge on any atom is 0.233 e. The summed E-state index contributed by atoms with van der Waals surface area (Å²) in [7, 11) is 0. The molecular weight excluding hydrogens is 112 g/mol. The number of aryl methyl sites for hydroxylation is 1. The van der Waals surface area contributed by atoms with Gasteiger partial charge in [-0.3, -0.25) is 4.79 Å². The van der Waals surface area contributed by atoms with Crippen molar-refractivity contribution in [3.63, 3.8) is 0 Å². The van der Waals surface area contributed by atoms with Crippen LogP contribution in [0.1, 0.15) is 11.1 Å². The highest BCUT2D eigenvalue weighted by Crippen LogP contribution is 1.99. The first kappa shape index (κ1) is 6.02. The second-order valence-corrected chi connectivity index (χ2v) is 1.97. The van der Waals surface area contributed by atoms with Gasteiger partial charge in [0.25, 0.3) is 0 Å². The molecule has 1 rings (SSSR count). The van der Waals surface area contributed by atoms with Crippen molar-refractivity contribution in [2.45, 2.75) is 6.92 Å². The first-order chi connectivity index (χ1) is 4.33. The molecule has 0 spiro atoms. The van der Waals surface area contributed by atoms with Gasteiger partial charge in [-0.2, -0.15) is 0 Å². The van der Waals surface area contributed by atoms with Crippen molar-refractivity contribution in [1.82, 2.24) is 0 Å². The van der Waals surface area contributed by atoms with Crippen molar-refractivity contribution < 1.29 is 4.79 Å². The van der Waals surface area contributed by atoms with Crippen molar-refractivity contribution in [1.29, 1.82) is 0 Å². The van der Waals surface area contributed by atoms with Gasteiger partial charge in [0.1, 0.15) is 0 Å². The number of rotatable bonds is 1. The zero-order valence-corrected chi connectivity index (χ0v) is 5.22. The van der Waals surface area contributed by atoms with Gasteiger partial charge in [0.2, 0.25) is 6.29 Å². The fourth-order valence-corrected chi connectivity index (χ4v) is 0.709. The van der Waals surface area contributed by atoms with Gasteiger partial charge in [0.15, 0.2) is 0 Å². The molecule has 0 fully saturated rings. The van der Waals surface area contributed by atoms with Crippen LogP contribution < -0.4 is 0 Å². The summed E-state index contributed by atoms with van der Waals surface area (Å²) in [5, 5.41) is 0. The molecule has 0 saturated heterocycles. The second-order valence-electron chi connectivity index (χ2n) is 1.97. The van der Waals surface area contributed by atoms with Crippen LogP contribution in [0.5, 0.6) is 0 Å². The van der Waals surface area contributed by atoms with Crippen molar-refractivity contribution in [2.24, 2.45) is 0 Å². The summed E-state index contributed by atoms with van der Waals surface area (Å²) >= 11 is 0. The number of hydrogen-bond acceptors (Lipinski definition) is 1. The van der Waals surface area contributed by atoms with Crippen LogP contribution in [0.3, 0.4) is 0 Å². The Morgan fingerprint density at radius 3 is 2.67 bits per heavy atom. The predicted octanol–water partition coefficient (Wildman–Crippen LogP) is 1.45. The predicted molar refractivity (Wildman–Crippen MR) is 36.0 cm³/mol. The zero-order valence-electron chi connectivity index (χ0n) is 5.22. The zero-order chi connectivity index (χ0) is 6.69. The van der Waals surface area contributed by atoms with Crippen molar-refractivity contribution in [2.75, 3.05) is 0 Å². The SMILES string of the molecule is Cc1cccc([C]=O)c1. The normalized spacial score (nSPS) is 9.00. The Morgan fingerprint density at radius 2 is 2.22 bits per heavy atom. The van der Waals surface area contributed by atoms with Gasteiger partial charge >= 0.3 is 0 Å². The molecule has 1 aromatic carbocycles. The van der Waals surface area contributed by atoms with Crippen LogP contribution in [0.2, 0.25) is 0 Å². The summed E-state index contributed by atoms with van der Waals surface area (Å²) in [5.41, 5.74) is 1.71. The van der Waals surface area contributed by atoms with Crippen LogP contribution in [0.25, 0.3) is 0 Å². The summed E-state index contributed by atoms with van der Waals surface area (Å²) in [6.07, 6.45) is 1.82. The van der Waals surface area contributed by atoms with E-state index in [2.05, 4.69) is 0 Å². The topological polar surface area (TPSA) is 17.1 Å². The smallest absolute Gasteiger partial charge is 0.233 e. The first-order valence-electron chi connectivity index (χ1n) is 2.78. The summed E-state index contributed by atoms with van der Waals surface area (Å²) in [4.78, 5) is 10.0. The summed E-state index contributed by atoms with van der Waals surface area (Å²) in [6, 6.07) is 7.32. The Bertz CT molecular complexity index is 216. The molecule has 0 bridgehead atoms. The molecule has 1 heteroatoms. The van der Waals surface area contributed by atoms with E-state index < -0.39 is 0 Å². The molecule has 0 saturated carbocycles. The van der Waals surface area contributed by atoms with Gasteiger partial charge in [-0.05, 0) is 13.0 Å². The Labute approximate surface area is 54.3 Å². The van der Waals surface area contributed by atoms with Crippen molar-refractivity contribution in [3.05, 3.63) is 35.4 Å². The highest BCUT2D eigenvalue weighted by atomic mass is 16.1. The Kier molecular flexibility index (Phi) is 1.63. The van der Waals surface area contributed by atoms with E-state index >= 15 is 0 Å². The summed E-state index contributed by atoms with van der Waals surface area (Å²) in [5.74, 6) is 0. The third kappa shape index (κ3) is 1.39. The summed E-state index contributed by atoms with van der Waals surface area (Å²) in [6.45, 7) is 1.95. The first-order valence-corrected chi connectivity index (χ1v) is 2.78.